The maximum Gasteiger partial charge on any atom is 0.220 e. The van der Waals surface area contributed by atoms with Crippen LogP contribution in [0.4, 0.5) is 0 Å². The van der Waals surface area contributed by atoms with Gasteiger partial charge in [-0.1, -0.05) is 6.07 Å². The molecule has 0 atom stereocenters. The Balaban J connectivity index is 1.50. The summed E-state index contributed by atoms with van der Waals surface area (Å²) in [5.41, 5.74) is 1.75. The number of nitrogens with zero attached hydrogens (tertiary/aromatic N) is 2. The third-order valence-corrected chi connectivity index (χ3v) is 4.10. The van der Waals surface area contributed by atoms with Crippen LogP contribution >= 0.6 is 0 Å². The molecule has 0 aliphatic rings. The summed E-state index contributed by atoms with van der Waals surface area (Å²) in [4.78, 5) is 20.6. The van der Waals surface area contributed by atoms with Crippen LogP contribution < -0.4 is 14.8 Å². The molecule has 146 valence electrons. The van der Waals surface area contributed by atoms with E-state index in [1.54, 1.807) is 19.5 Å². The third kappa shape index (κ3) is 5.09. The molecule has 3 aromatic rings. The summed E-state index contributed by atoms with van der Waals surface area (Å²) in [6, 6.07) is 11.2. The van der Waals surface area contributed by atoms with E-state index in [4.69, 9.17) is 13.9 Å². The van der Waals surface area contributed by atoms with E-state index >= 15 is 0 Å². The first-order valence-corrected chi connectivity index (χ1v) is 9.12. The van der Waals surface area contributed by atoms with Crippen LogP contribution in [0.2, 0.25) is 0 Å². The lowest BCUT2D eigenvalue weighted by atomic mass is 10.2. The molecule has 1 N–H and O–H groups in total. The number of aryl methyl sites for hydroxylation is 1. The molecule has 28 heavy (non-hydrogen) atoms. The number of aromatic nitrogens is 2. The molecule has 2 heterocycles. The second-order valence-electron chi connectivity index (χ2n) is 6.02. The largest absolute Gasteiger partial charge is 0.497 e. The number of pyridine rings is 1. The Morgan fingerprint density at radius 2 is 2.00 bits per heavy atom. The zero-order valence-corrected chi connectivity index (χ0v) is 16.0. The van der Waals surface area contributed by atoms with Gasteiger partial charge < -0.3 is 19.2 Å². The molecule has 0 aliphatic carbocycles. The van der Waals surface area contributed by atoms with Gasteiger partial charge in [-0.25, -0.2) is 9.97 Å². The first-order chi connectivity index (χ1) is 13.7. The van der Waals surface area contributed by atoms with E-state index in [9.17, 15) is 4.79 Å². The molecular formula is C21H23N3O4. The summed E-state index contributed by atoms with van der Waals surface area (Å²) in [7, 11) is 1.62. The number of rotatable bonds is 9. The smallest absolute Gasteiger partial charge is 0.220 e. The van der Waals surface area contributed by atoms with Crippen LogP contribution in [0, 0.1) is 0 Å². The van der Waals surface area contributed by atoms with Crippen LogP contribution in [0.1, 0.15) is 24.8 Å². The van der Waals surface area contributed by atoms with Crippen molar-refractivity contribution in [3.8, 4) is 23.0 Å². The number of nitrogens with one attached hydrogen (secondary N) is 1. The Morgan fingerprint density at radius 3 is 2.75 bits per heavy atom. The van der Waals surface area contributed by atoms with Gasteiger partial charge in [-0.15, -0.1) is 0 Å². The average Bonchev–Trinajstić information content (AvgIpc) is 3.21. The summed E-state index contributed by atoms with van der Waals surface area (Å²) in [5, 5.41) is 2.88. The molecule has 0 radical (unpaired) electrons. The van der Waals surface area contributed by atoms with E-state index in [0.717, 1.165) is 16.9 Å². The number of carbonyl (C=O) groups excluding carboxylic acids is 1. The van der Waals surface area contributed by atoms with E-state index in [1.165, 1.54) is 0 Å². The first kappa shape index (κ1) is 19.4. The summed E-state index contributed by atoms with van der Waals surface area (Å²) >= 11 is 0. The molecule has 1 amide bonds. The second-order valence-corrected chi connectivity index (χ2v) is 6.02. The monoisotopic (exact) mass is 381 g/mol. The molecule has 1 aromatic carbocycles. The fourth-order valence-corrected chi connectivity index (χ4v) is 2.64. The molecule has 0 fully saturated rings. The lowest BCUT2D eigenvalue weighted by molar-refractivity contribution is -0.121. The third-order valence-electron chi connectivity index (χ3n) is 4.10. The molecule has 2 aromatic heterocycles. The van der Waals surface area contributed by atoms with Crippen molar-refractivity contribution in [2.45, 2.75) is 26.3 Å². The van der Waals surface area contributed by atoms with Crippen molar-refractivity contribution in [3.05, 3.63) is 60.2 Å². The SMILES string of the molecule is CCOc1ncccc1CNC(=O)CCc1ncc(-c2ccc(OC)cc2)o1. The molecule has 0 bridgehead atoms. The van der Waals surface area contributed by atoms with Gasteiger partial charge in [-0.2, -0.15) is 0 Å². The lowest BCUT2D eigenvalue weighted by Gasteiger charge is -2.09. The van der Waals surface area contributed by atoms with Gasteiger partial charge in [0.05, 0.1) is 19.9 Å². The number of oxazole rings is 1. The van der Waals surface area contributed by atoms with Crippen LogP contribution in [-0.4, -0.2) is 29.6 Å². The molecule has 7 nitrogen and oxygen atoms in total. The van der Waals surface area contributed by atoms with Crippen molar-refractivity contribution in [2.24, 2.45) is 0 Å². The fourth-order valence-electron chi connectivity index (χ4n) is 2.64. The standard InChI is InChI=1S/C21H23N3O4/c1-3-27-21-16(5-4-12-22-21)13-23-19(25)10-11-20-24-14-18(28-20)15-6-8-17(26-2)9-7-15/h4-9,12,14H,3,10-11,13H2,1-2H3,(H,23,25). The number of hydrogen-bond donors (Lipinski definition) is 1. The minimum Gasteiger partial charge on any atom is -0.497 e. The van der Waals surface area contributed by atoms with E-state index in [0.29, 0.717) is 37.1 Å². The second kappa shape index (κ2) is 9.55. The van der Waals surface area contributed by atoms with Gasteiger partial charge in [0.2, 0.25) is 11.8 Å². The number of methoxy groups -OCH3 is 1. The molecule has 3 rings (SSSR count). The molecule has 0 saturated heterocycles. The number of ether oxygens (including phenoxy) is 2. The average molecular weight is 381 g/mol. The van der Waals surface area contributed by atoms with Crippen molar-refractivity contribution in [1.82, 2.24) is 15.3 Å². The first-order valence-electron chi connectivity index (χ1n) is 9.12. The van der Waals surface area contributed by atoms with Crippen LogP contribution in [-0.2, 0) is 17.8 Å². The van der Waals surface area contributed by atoms with Crippen LogP contribution in [0.15, 0.2) is 53.2 Å². The highest BCUT2D eigenvalue weighted by atomic mass is 16.5. The number of carbonyl (C=O) groups is 1. The Morgan fingerprint density at radius 1 is 1.18 bits per heavy atom. The molecular weight excluding hydrogens is 358 g/mol. The maximum atomic E-state index is 12.2. The number of benzene rings is 1. The normalized spacial score (nSPS) is 10.5. The summed E-state index contributed by atoms with van der Waals surface area (Å²) in [6.07, 6.45) is 4.04. The topological polar surface area (TPSA) is 86.5 Å². The van der Waals surface area contributed by atoms with Gasteiger partial charge in [0.15, 0.2) is 11.7 Å². The van der Waals surface area contributed by atoms with E-state index in [1.807, 2.05) is 43.3 Å². The summed E-state index contributed by atoms with van der Waals surface area (Å²) in [5.74, 6) is 2.42. The van der Waals surface area contributed by atoms with Gasteiger partial charge in [-0.3, -0.25) is 4.79 Å². The van der Waals surface area contributed by atoms with E-state index in [-0.39, 0.29) is 12.3 Å². The van der Waals surface area contributed by atoms with Crippen molar-refractivity contribution >= 4 is 5.91 Å². The van der Waals surface area contributed by atoms with Gasteiger partial charge >= 0.3 is 0 Å². The summed E-state index contributed by atoms with van der Waals surface area (Å²) in [6.45, 7) is 2.79. The quantitative estimate of drug-likeness (QED) is 0.611. The van der Waals surface area contributed by atoms with Gasteiger partial charge in [0.1, 0.15) is 5.75 Å². The van der Waals surface area contributed by atoms with Crippen molar-refractivity contribution in [3.63, 3.8) is 0 Å². The van der Waals surface area contributed by atoms with E-state index in [2.05, 4.69) is 15.3 Å². The molecule has 7 heteroatoms. The maximum absolute atomic E-state index is 12.2. The Kier molecular flexibility index (Phi) is 6.62. The zero-order valence-electron chi connectivity index (χ0n) is 16.0. The molecule has 0 aliphatic heterocycles. The van der Waals surface area contributed by atoms with Crippen LogP contribution in [0.5, 0.6) is 11.6 Å². The van der Waals surface area contributed by atoms with Crippen LogP contribution in [0.3, 0.4) is 0 Å². The highest BCUT2D eigenvalue weighted by Gasteiger charge is 2.10. The molecule has 0 spiro atoms. The minimum absolute atomic E-state index is 0.0875. The Hall–Kier alpha value is -3.35. The molecule has 0 unspecified atom stereocenters. The zero-order chi connectivity index (χ0) is 19.8. The summed E-state index contributed by atoms with van der Waals surface area (Å²) < 4.78 is 16.4. The van der Waals surface area contributed by atoms with Crippen molar-refractivity contribution in [1.29, 1.82) is 0 Å². The number of amides is 1. The van der Waals surface area contributed by atoms with Gasteiger partial charge in [0, 0.05) is 36.7 Å². The highest BCUT2D eigenvalue weighted by Crippen LogP contribution is 2.23. The highest BCUT2D eigenvalue weighted by molar-refractivity contribution is 5.76. The predicted octanol–water partition coefficient (Wildman–Crippen LogP) is 3.39. The van der Waals surface area contributed by atoms with Gasteiger partial charge in [0.25, 0.3) is 0 Å². The lowest BCUT2D eigenvalue weighted by Crippen LogP contribution is -2.23. The van der Waals surface area contributed by atoms with Crippen LogP contribution in [0.25, 0.3) is 11.3 Å². The van der Waals surface area contributed by atoms with Crippen molar-refractivity contribution < 1.29 is 18.7 Å². The van der Waals surface area contributed by atoms with Crippen molar-refractivity contribution in [2.75, 3.05) is 13.7 Å². The van der Waals surface area contributed by atoms with E-state index < -0.39 is 0 Å². The number of hydrogen-bond acceptors (Lipinski definition) is 6. The predicted molar refractivity (Wildman–Crippen MR) is 104 cm³/mol. The Labute approximate surface area is 163 Å². The van der Waals surface area contributed by atoms with Gasteiger partial charge in [-0.05, 0) is 37.3 Å². The minimum atomic E-state index is -0.0875. The fraction of sp³-hybridized carbons (Fsp3) is 0.286. The molecule has 0 saturated carbocycles. The Bertz CT molecular complexity index is 906.